The van der Waals surface area contributed by atoms with Gasteiger partial charge >= 0.3 is 0 Å². The number of nitrogens with zero attached hydrogens (tertiary/aromatic N) is 5. The van der Waals surface area contributed by atoms with Gasteiger partial charge in [0, 0.05) is 18.8 Å². The summed E-state index contributed by atoms with van der Waals surface area (Å²) in [7, 11) is 1.50. The molecule has 0 fully saturated rings. The molecule has 25 heavy (non-hydrogen) atoms. The summed E-state index contributed by atoms with van der Waals surface area (Å²) in [5.41, 5.74) is 1.51. The van der Waals surface area contributed by atoms with Gasteiger partial charge in [0.05, 0.1) is 11.3 Å². The maximum absolute atomic E-state index is 13.9. The molecule has 2 aromatic heterocycles. The van der Waals surface area contributed by atoms with Crippen molar-refractivity contribution in [1.29, 1.82) is 0 Å². The highest BCUT2D eigenvalue weighted by molar-refractivity contribution is 5.85. The summed E-state index contributed by atoms with van der Waals surface area (Å²) < 4.78 is 32.4. The minimum Gasteiger partial charge on any atom is -0.332 e. The molecular weight excluding hydrogens is 328 g/mol. The minimum atomic E-state index is -0.655. The molecule has 0 atom stereocenters. The lowest BCUT2D eigenvalue weighted by Gasteiger charge is -2.02. The first-order valence-electron chi connectivity index (χ1n) is 7.31. The number of aromatic nitrogens is 3. The van der Waals surface area contributed by atoms with E-state index in [1.54, 1.807) is 25.3 Å². The van der Waals surface area contributed by atoms with E-state index in [9.17, 15) is 8.78 Å². The molecule has 0 amide bonds. The third-order valence-electron chi connectivity index (χ3n) is 3.40. The Morgan fingerprint density at radius 1 is 1.16 bits per heavy atom. The van der Waals surface area contributed by atoms with Gasteiger partial charge in [-0.15, -0.1) is 0 Å². The molecule has 0 saturated heterocycles. The van der Waals surface area contributed by atoms with Crippen molar-refractivity contribution in [2.75, 3.05) is 7.05 Å². The number of allylic oxidation sites excluding steroid dienone is 1. The molecule has 6 nitrogen and oxygen atoms in total. The van der Waals surface area contributed by atoms with Crippen molar-refractivity contribution in [3.8, 4) is 11.4 Å². The fourth-order valence-electron chi connectivity index (χ4n) is 2.18. The number of halogens is 2. The summed E-state index contributed by atoms with van der Waals surface area (Å²) >= 11 is 0. The Morgan fingerprint density at radius 3 is 2.72 bits per heavy atom. The molecule has 126 valence electrons. The van der Waals surface area contributed by atoms with Gasteiger partial charge in [-0.05, 0) is 37.3 Å². The third kappa shape index (κ3) is 3.47. The number of hydrogen-bond donors (Lipinski definition) is 0. The number of pyridine rings is 1. The average Bonchev–Trinajstić information content (AvgIpc) is 3.11. The first-order chi connectivity index (χ1) is 12.1. The highest BCUT2D eigenvalue weighted by atomic mass is 19.1. The summed E-state index contributed by atoms with van der Waals surface area (Å²) in [5, 5.41) is 11.5. The van der Waals surface area contributed by atoms with Crippen LogP contribution in [0.4, 0.5) is 8.78 Å². The topological polar surface area (TPSA) is 76.5 Å². The Kier molecular flexibility index (Phi) is 4.69. The molecule has 3 rings (SSSR count). The largest absolute Gasteiger partial charge is 0.332 e. The van der Waals surface area contributed by atoms with E-state index < -0.39 is 11.6 Å². The van der Waals surface area contributed by atoms with Crippen LogP contribution < -0.4 is 0 Å². The Hall–Kier alpha value is -3.29. The lowest BCUT2D eigenvalue weighted by atomic mass is 10.1. The molecule has 0 radical (unpaired) electrons. The highest BCUT2D eigenvalue weighted by Gasteiger charge is 2.19. The van der Waals surface area contributed by atoms with Gasteiger partial charge in [-0.25, -0.2) is 8.78 Å². The molecule has 0 aliphatic carbocycles. The molecule has 0 N–H and O–H groups in total. The smallest absolute Gasteiger partial charge is 0.279 e. The molecule has 0 aliphatic rings. The zero-order valence-corrected chi connectivity index (χ0v) is 13.4. The van der Waals surface area contributed by atoms with Crippen LogP contribution in [0.5, 0.6) is 0 Å². The molecule has 1 aromatic carbocycles. The minimum absolute atomic E-state index is 0.0346. The molecule has 0 bridgehead atoms. The fraction of sp³-hybridized carbons (Fsp3) is 0.118. The van der Waals surface area contributed by atoms with E-state index in [0.717, 1.165) is 18.2 Å². The van der Waals surface area contributed by atoms with E-state index in [1.807, 2.05) is 6.07 Å². The van der Waals surface area contributed by atoms with Gasteiger partial charge in [0.15, 0.2) is 5.70 Å². The van der Waals surface area contributed by atoms with Crippen molar-refractivity contribution in [3.63, 3.8) is 0 Å². The molecule has 0 unspecified atom stereocenters. The summed E-state index contributed by atoms with van der Waals surface area (Å²) in [4.78, 5) is 8.36. The van der Waals surface area contributed by atoms with Gasteiger partial charge < -0.3 is 4.52 Å². The van der Waals surface area contributed by atoms with Crippen LogP contribution in [-0.2, 0) is 0 Å². The molecule has 2 heterocycles. The molecular formula is C17H13F2N5O. The number of rotatable bonds is 4. The van der Waals surface area contributed by atoms with E-state index in [1.165, 1.54) is 7.05 Å². The number of azo groups is 1. The summed E-state index contributed by atoms with van der Waals surface area (Å²) in [6.07, 6.45) is 1.64. The van der Waals surface area contributed by atoms with E-state index in [-0.39, 0.29) is 17.3 Å². The van der Waals surface area contributed by atoms with Crippen LogP contribution in [0, 0.1) is 11.6 Å². The van der Waals surface area contributed by atoms with Crippen molar-refractivity contribution < 1.29 is 13.3 Å². The van der Waals surface area contributed by atoms with E-state index >= 15 is 0 Å². The van der Waals surface area contributed by atoms with Crippen LogP contribution >= 0.6 is 0 Å². The quantitative estimate of drug-likeness (QED) is 0.660. The molecule has 3 aromatic rings. The van der Waals surface area contributed by atoms with Gasteiger partial charge in [-0.1, -0.05) is 11.2 Å². The second kappa shape index (κ2) is 7.08. The van der Waals surface area contributed by atoms with Gasteiger partial charge in [-0.3, -0.25) is 4.98 Å². The van der Waals surface area contributed by atoms with Crippen LogP contribution in [0.2, 0.25) is 0 Å². The predicted octanol–water partition coefficient (Wildman–Crippen LogP) is 4.38. The standard InChI is InChI=1S/C17H13F2N5O/c1-10(14-5-3-4-8-21-14)15(23-20-2)17-22-16(24-25-17)12-9-11(18)6-7-13(12)19/h3-9H,1-2H3/b15-10+,23-20-. The van der Waals surface area contributed by atoms with Crippen LogP contribution in [0.1, 0.15) is 18.5 Å². The zero-order valence-electron chi connectivity index (χ0n) is 13.4. The van der Waals surface area contributed by atoms with Crippen molar-refractivity contribution >= 4 is 11.3 Å². The fourth-order valence-corrected chi connectivity index (χ4v) is 2.18. The van der Waals surface area contributed by atoms with Gasteiger partial charge in [0.2, 0.25) is 5.82 Å². The van der Waals surface area contributed by atoms with Crippen LogP contribution in [0.25, 0.3) is 22.7 Å². The van der Waals surface area contributed by atoms with Crippen molar-refractivity contribution in [3.05, 3.63) is 65.8 Å². The van der Waals surface area contributed by atoms with Gasteiger partial charge in [-0.2, -0.15) is 15.2 Å². The average molecular weight is 341 g/mol. The first kappa shape index (κ1) is 16.6. The van der Waals surface area contributed by atoms with Crippen LogP contribution in [0.15, 0.2) is 57.3 Å². The van der Waals surface area contributed by atoms with Crippen LogP contribution in [0.3, 0.4) is 0 Å². The summed E-state index contributed by atoms with van der Waals surface area (Å²) in [5.74, 6) is -1.30. The third-order valence-corrected chi connectivity index (χ3v) is 3.40. The monoisotopic (exact) mass is 341 g/mol. The van der Waals surface area contributed by atoms with Gasteiger partial charge in [0.25, 0.3) is 5.89 Å². The zero-order chi connectivity index (χ0) is 17.8. The SMILES string of the molecule is C/N=N\C(=C(/C)c1ccccn1)c1nc(-c2cc(F)ccc2F)no1. The molecule has 0 aliphatic heterocycles. The molecule has 8 heteroatoms. The first-order valence-corrected chi connectivity index (χ1v) is 7.31. The Bertz CT molecular complexity index is 951. The highest BCUT2D eigenvalue weighted by Crippen LogP contribution is 2.28. The Labute approximate surface area is 141 Å². The molecule has 0 saturated carbocycles. The lowest BCUT2D eigenvalue weighted by Crippen LogP contribution is -1.92. The van der Waals surface area contributed by atoms with Crippen molar-refractivity contribution in [2.45, 2.75) is 6.92 Å². The summed E-state index contributed by atoms with van der Waals surface area (Å²) in [6.45, 7) is 1.78. The Balaban J connectivity index is 2.08. The maximum atomic E-state index is 13.9. The lowest BCUT2D eigenvalue weighted by molar-refractivity contribution is 0.407. The summed E-state index contributed by atoms with van der Waals surface area (Å²) in [6, 6.07) is 8.43. The van der Waals surface area contributed by atoms with Crippen molar-refractivity contribution in [1.82, 2.24) is 15.1 Å². The second-order valence-corrected chi connectivity index (χ2v) is 5.04. The normalized spacial score (nSPS) is 12.5. The van der Waals surface area contributed by atoms with E-state index in [4.69, 9.17) is 4.52 Å². The molecule has 0 spiro atoms. The maximum Gasteiger partial charge on any atom is 0.279 e. The van der Waals surface area contributed by atoms with E-state index in [2.05, 4.69) is 25.4 Å². The van der Waals surface area contributed by atoms with Crippen molar-refractivity contribution in [2.24, 2.45) is 10.2 Å². The predicted molar refractivity (Wildman–Crippen MR) is 87.2 cm³/mol. The van der Waals surface area contributed by atoms with E-state index in [0.29, 0.717) is 17.0 Å². The number of benzene rings is 1. The second-order valence-electron chi connectivity index (χ2n) is 5.04. The Morgan fingerprint density at radius 2 is 2.00 bits per heavy atom. The number of hydrogen-bond acceptors (Lipinski definition) is 6. The van der Waals surface area contributed by atoms with Gasteiger partial charge in [0.1, 0.15) is 11.6 Å². The van der Waals surface area contributed by atoms with Crippen LogP contribution in [-0.4, -0.2) is 22.2 Å².